The van der Waals surface area contributed by atoms with Crippen LogP contribution in [0.5, 0.6) is 0 Å². The fourth-order valence-corrected chi connectivity index (χ4v) is 4.36. The van der Waals surface area contributed by atoms with Crippen molar-refractivity contribution in [2.75, 3.05) is 0 Å². The number of carbonyl (C=O) groups is 1. The third kappa shape index (κ3) is 2.29. The summed E-state index contributed by atoms with van der Waals surface area (Å²) in [6, 6.07) is 6.36. The first-order valence-electron chi connectivity index (χ1n) is 8.21. The molecule has 3 N–H and O–H groups in total. The third-order valence-electron chi connectivity index (χ3n) is 5.35. The van der Waals surface area contributed by atoms with E-state index in [-0.39, 0.29) is 11.9 Å². The SMILES string of the molecule is NC1CC2CCCC(C1)C2NC(=O)c1cnn2ccccc12. The van der Waals surface area contributed by atoms with Gasteiger partial charge in [0.2, 0.25) is 0 Å². The maximum Gasteiger partial charge on any atom is 0.255 e. The molecule has 2 unspecified atom stereocenters. The Kier molecular flexibility index (Phi) is 3.37. The molecule has 2 aliphatic rings. The van der Waals surface area contributed by atoms with E-state index in [0.717, 1.165) is 18.4 Å². The molecule has 5 heteroatoms. The highest BCUT2D eigenvalue weighted by Crippen LogP contribution is 2.39. The lowest BCUT2D eigenvalue weighted by Crippen LogP contribution is -2.53. The largest absolute Gasteiger partial charge is 0.349 e. The van der Waals surface area contributed by atoms with Crippen LogP contribution in [0, 0.1) is 11.8 Å². The Balaban J connectivity index is 1.57. The number of hydrogen-bond acceptors (Lipinski definition) is 3. The Labute approximate surface area is 129 Å². The van der Waals surface area contributed by atoms with Crippen LogP contribution in [0.25, 0.3) is 5.52 Å². The standard InChI is InChI=1S/C17H22N4O/c18-13-8-11-4-3-5-12(9-13)16(11)20-17(22)14-10-19-21-7-2-1-6-15(14)21/h1-2,6-7,10-13,16H,3-5,8-9,18H2,(H,20,22). The Bertz CT molecular complexity index is 681. The number of rotatable bonds is 2. The maximum atomic E-state index is 12.7. The molecular formula is C17H22N4O. The molecule has 2 aromatic heterocycles. The fourth-order valence-electron chi connectivity index (χ4n) is 4.36. The summed E-state index contributed by atoms with van der Waals surface area (Å²) in [6.07, 6.45) is 9.24. The first kappa shape index (κ1) is 13.8. The number of carbonyl (C=O) groups excluding carboxylic acids is 1. The van der Waals surface area contributed by atoms with Gasteiger partial charge in [-0.05, 0) is 49.7 Å². The van der Waals surface area contributed by atoms with Gasteiger partial charge >= 0.3 is 0 Å². The fraction of sp³-hybridized carbons (Fsp3) is 0.529. The lowest BCUT2D eigenvalue weighted by Gasteiger charge is -2.45. The summed E-state index contributed by atoms with van der Waals surface area (Å²) in [5.74, 6) is 1.07. The van der Waals surface area contributed by atoms with Gasteiger partial charge in [0.05, 0.1) is 17.3 Å². The zero-order valence-electron chi connectivity index (χ0n) is 12.6. The summed E-state index contributed by atoms with van der Waals surface area (Å²) in [5, 5.41) is 7.54. The Morgan fingerprint density at radius 2 is 2.05 bits per heavy atom. The van der Waals surface area contributed by atoms with E-state index in [9.17, 15) is 4.79 Å². The molecular weight excluding hydrogens is 276 g/mol. The number of fused-ring (bicyclic) bond motifs is 3. The van der Waals surface area contributed by atoms with Gasteiger partial charge in [-0.15, -0.1) is 0 Å². The molecule has 0 aliphatic heterocycles. The number of nitrogens with one attached hydrogen (secondary N) is 1. The van der Waals surface area contributed by atoms with E-state index in [4.69, 9.17) is 5.73 Å². The van der Waals surface area contributed by atoms with Crippen molar-refractivity contribution in [1.29, 1.82) is 0 Å². The van der Waals surface area contributed by atoms with E-state index in [1.807, 2.05) is 24.4 Å². The van der Waals surface area contributed by atoms with Crippen LogP contribution in [-0.2, 0) is 0 Å². The van der Waals surface area contributed by atoms with E-state index in [1.165, 1.54) is 19.3 Å². The quantitative estimate of drug-likeness (QED) is 0.890. The highest BCUT2D eigenvalue weighted by molar-refractivity contribution is 6.00. The lowest BCUT2D eigenvalue weighted by atomic mass is 9.67. The minimum absolute atomic E-state index is 0.00132. The second-order valence-corrected chi connectivity index (χ2v) is 6.77. The molecule has 116 valence electrons. The minimum atomic E-state index is -0.00132. The van der Waals surface area contributed by atoms with Crippen LogP contribution >= 0.6 is 0 Å². The molecule has 4 rings (SSSR count). The van der Waals surface area contributed by atoms with Crippen molar-refractivity contribution in [1.82, 2.24) is 14.9 Å². The van der Waals surface area contributed by atoms with Crippen molar-refractivity contribution >= 4 is 11.4 Å². The highest BCUT2D eigenvalue weighted by Gasteiger charge is 2.40. The normalized spacial score (nSPS) is 31.1. The first-order chi connectivity index (χ1) is 10.7. The Hall–Kier alpha value is -1.88. The zero-order chi connectivity index (χ0) is 15.1. The molecule has 0 saturated heterocycles. The molecule has 2 heterocycles. The van der Waals surface area contributed by atoms with Gasteiger partial charge in [-0.1, -0.05) is 12.5 Å². The second kappa shape index (κ2) is 5.39. The van der Waals surface area contributed by atoms with E-state index in [0.29, 0.717) is 23.4 Å². The molecule has 2 aromatic rings. The van der Waals surface area contributed by atoms with Gasteiger partial charge in [0.25, 0.3) is 5.91 Å². The number of nitrogens with zero attached hydrogens (tertiary/aromatic N) is 2. The smallest absolute Gasteiger partial charge is 0.255 e. The second-order valence-electron chi connectivity index (χ2n) is 6.77. The van der Waals surface area contributed by atoms with Crippen LogP contribution < -0.4 is 11.1 Å². The van der Waals surface area contributed by atoms with Gasteiger partial charge in [-0.2, -0.15) is 5.10 Å². The predicted octanol–water partition coefficient (Wildman–Crippen LogP) is 1.97. The van der Waals surface area contributed by atoms with Crippen molar-refractivity contribution < 1.29 is 4.79 Å². The number of aromatic nitrogens is 2. The molecule has 0 aromatic carbocycles. The van der Waals surface area contributed by atoms with E-state index >= 15 is 0 Å². The van der Waals surface area contributed by atoms with Crippen molar-refractivity contribution in [3.8, 4) is 0 Å². The van der Waals surface area contributed by atoms with Gasteiger partial charge in [0.1, 0.15) is 0 Å². The highest BCUT2D eigenvalue weighted by atomic mass is 16.1. The van der Waals surface area contributed by atoms with Crippen LogP contribution in [0.4, 0.5) is 0 Å². The molecule has 2 atom stereocenters. The monoisotopic (exact) mass is 298 g/mol. The van der Waals surface area contributed by atoms with Crippen LogP contribution in [0.2, 0.25) is 0 Å². The molecule has 2 fully saturated rings. The molecule has 1 amide bonds. The van der Waals surface area contributed by atoms with Crippen molar-refractivity contribution in [2.24, 2.45) is 17.6 Å². The maximum absolute atomic E-state index is 12.7. The summed E-state index contributed by atoms with van der Waals surface area (Å²) in [7, 11) is 0. The topological polar surface area (TPSA) is 72.4 Å². The van der Waals surface area contributed by atoms with Crippen LogP contribution in [-0.4, -0.2) is 27.6 Å². The summed E-state index contributed by atoms with van der Waals surface area (Å²) in [4.78, 5) is 12.7. The van der Waals surface area contributed by atoms with Gasteiger partial charge in [0.15, 0.2) is 0 Å². The van der Waals surface area contributed by atoms with Crippen molar-refractivity contribution in [3.63, 3.8) is 0 Å². The van der Waals surface area contributed by atoms with Gasteiger partial charge in [-0.25, -0.2) is 4.52 Å². The third-order valence-corrected chi connectivity index (χ3v) is 5.35. The first-order valence-corrected chi connectivity index (χ1v) is 8.21. The molecule has 2 saturated carbocycles. The zero-order valence-corrected chi connectivity index (χ0v) is 12.6. The summed E-state index contributed by atoms with van der Waals surface area (Å²) in [6.45, 7) is 0. The van der Waals surface area contributed by atoms with E-state index in [2.05, 4.69) is 10.4 Å². The van der Waals surface area contributed by atoms with Gasteiger partial charge in [-0.3, -0.25) is 4.79 Å². The number of amides is 1. The number of hydrogen-bond donors (Lipinski definition) is 2. The molecule has 22 heavy (non-hydrogen) atoms. The Morgan fingerprint density at radius 3 is 2.82 bits per heavy atom. The molecule has 0 spiro atoms. The minimum Gasteiger partial charge on any atom is -0.349 e. The summed E-state index contributed by atoms with van der Waals surface area (Å²) < 4.78 is 1.74. The molecule has 0 radical (unpaired) electrons. The van der Waals surface area contributed by atoms with E-state index in [1.54, 1.807) is 10.7 Å². The summed E-state index contributed by atoms with van der Waals surface area (Å²) in [5.41, 5.74) is 7.68. The molecule has 5 nitrogen and oxygen atoms in total. The number of nitrogens with two attached hydrogens (primary N) is 1. The average Bonchev–Trinajstić information content (AvgIpc) is 2.92. The van der Waals surface area contributed by atoms with Gasteiger partial charge in [0, 0.05) is 18.3 Å². The number of pyridine rings is 1. The molecule has 2 aliphatic carbocycles. The lowest BCUT2D eigenvalue weighted by molar-refractivity contribution is 0.0757. The van der Waals surface area contributed by atoms with Crippen LogP contribution in [0.3, 0.4) is 0 Å². The van der Waals surface area contributed by atoms with Crippen molar-refractivity contribution in [3.05, 3.63) is 36.2 Å². The molecule has 2 bridgehead atoms. The average molecular weight is 298 g/mol. The van der Waals surface area contributed by atoms with Crippen molar-refractivity contribution in [2.45, 2.75) is 44.2 Å². The van der Waals surface area contributed by atoms with E-state index < -0.39 is 0 Å². The van der Waals surface area contributed by atoms with Crippen LogP contribution in [0.1, 0.15) is 42.5 Å². The predicted molar refractivity (Wildman–Crippen MR) is 84.5 cm³/mol. The summed E-state index contributed by atoms with van der Waals surface area (Å²) >= 11 is 0. The van der Waals surface area contributed by atoms with Gasteiger partial charge < -0.3 is 11.1 Å². The Morgan fingerprint density at radius 1 is 1.27 bits per heavy atom. The van der Waals surface area contributed by atoms with Crippen LogP contribution in [0.15, 0.2) is 30.6 Å².